The molecule has 2 aromatic rings. The number of likely N-dealkylation sites (tertiary alicyclic amines) is 1. The lowest BCUT2D eigenvalue weighted by Gasteiger charge is -2.32. The number of carbonyl (C=O) groups is 2. The number of piperidine rings is 1. The van der Waals surface area contributed by atoms with Crippen molar-refractivity contribution in [3.8, 4) is 0 Å². The molecule has 0 N–H and O–H groups in total. The number of rotatable bonds is 4. The number of esters is 1. The van der Waals surface area contributed by atoms with E-state index in [0.29, 0.717) is 24.3 Å². The van der Waals surface area contributed by atoms with Gasteiger partial charge in [0.15, 0.2) is 14.0 Å². The first-order chi connectivity index (χ1) is 13.3. The predicted octanol–water partition coefficient (Wildman–Crippen LogP) is 1.95. The van der Waals surface area contributed by atoms with Crippen LogP contribution in [0.5, 0.6) is 0 Å². The summed E-state index contributed by atoms with van der Waals surface area (Å²) in [6, 6.07) is 7.08. The second kappa shape index (κ2) is 7.25. The molecule has 0 radical (unpaired) electrons. The Bertz CT molecular complexity index is 1030. The van der Waals surface area contributed by atoms with Crippen LogP contribution >= 0.6 is 11.5 Å². The van der Waals surface area contributed by atoms with Gasteiger partial charge < -0.3 is 9.64 Å². The summed E-state index contributed by atoms with van der Waals surface area (Å²) in [6.45, 7) is 0.971. The summed E-state index contributed by atoms with van der Waals surface area (Å²) in [7, 11) is -3.40. The molecule has 2 aliphatic heterocycles. The predicted molar refractivity (Wildman–Crippen MR) is 101 cm³/mol. The Morgan fingerprint density at radius 2 is 2.14 bits per heavy atom. The van der Waals surface area contributed by atoms with Gasteiger partial charge in [-0.2, -0.15) is 0 Å². The Hall–Kier alpha value is -2.33. The fraction of sp³-hybridized carbons (Fsp3) is 0.444. The van der Waals surface area contributed by atoms with E-state index in [1.165, 1.54) is 0 Å². The second-order valence-electron chi connectivity index (χ2n) is 7.08. The average Bonchev–Trinajstić information content (AvgIpc) is 3.28. The lowest BCUT2D eigenvalue weighted by atomic mass is 9.94. The minimum Gasteiger partial charge on any atom is -0.453 e. The van der Waals surface area contributed by atoms with Crippen molar-refractivity contribution in [3.63, 3.8) is 0 Å². The number of fused-ring (bicyclic) bond motifs is 1. The van der Waals surface area contributed by atoms with Crippen LogP contribution in [0.3, 0.4) is 0 Å². The normalized spacial score (nSPS) is 22.0. The summed E-state index contributed by atoms with van der Waals surface area (Å²) in [5.41, 5.74) is 1.68. The van der Waals surface area contributed by atoms with Gasteiger partial charge in [0, 0.05) is 42.4 Å². The van der Waals surface area contributed by atoms with Gasteiger partial charge in [-0.05, 0) is 18.9 Å². The van der Waals surface area contributed by atoms with E-state index in [4.69, 9.17) is 4.74 Å². The van der Waals surface area contributed by atoms with Gasteiger partial charge >= 0.3 is 5.97 Å². The molecule has 0 spiro atoms. The monoisotopic (exact) mass is 421 g/mol. The van der Waals surface area contributed by atoms with Gasteiger partial charge in [0.05, 0.1) is 17.7 Å². The number of carbonyl (C=O) groups excluding carboxylic acids is 2. The Kier molecular flexibility index (Phi) is 4.92. The van der Waals surface area contributed by atoms with Gasteiger partial charge in [-0.25, -0.2) is 13.2 Å². The molecule has 4 rings (SSSR count). The van der Waals surface area contributed by atoms with Crippen LogP contribution in [0.15, 0.2) is 28.5 Å². The molecule has 8 nitrogen and oxygen atoms in total. The number of cyclic esters (lactones) is 1. The van der Waals surface area contributed by atoms with E-state index in [1.807, 2.05) is 6.07 Å². The molecule has 1 saturated heterocycles. The lowest BCUT2D eigenvalue weighted by Crippen LogP contribution is -2.40. The fourth-order valence-electron chi connectivity index (χ4n) is 3.78. The molecule has 1 fully saturated rings. The topological polar surface area (TPSA) is 107 Å². The van der Waals surface area contributed by atoms with E-state index in [0.717, 1.165) is 36.2 Å². The zero-order valence-electron chi connectivity index (χ0n) is 15.2. The van der Waals surface area contributed by atoms with E-state index < -0.39 is 21.9 Å². The quantitative estimate of drug-likeness (QED) is 0.695. The molecular weight excluding hydrogens is 402 g/mol. The summed E-state index contributed by atoms with van der Waals surface area (Å²) in [4.78, 5) is 26.5. The molecule has 3 heterocycles. The van der Waals surface area contributed by atoms with E-state index in [2.05, 4.69) is 9.59 Å². The zero-order chi connectivity index (χ0) is 19.9. The SMILES string of the molecule is CS(=O)(=O)c1snnc1C1CCCN(C(=O)CC2OC(=O)c3ccccc32)C1. The van der Waals surface area contributed by atoms with Gasteiger partial charge in [0.25, 0.3) is 0 Å². The van der Waals surface area contributed by atoms with E-state index >= 15 is 0 Å². The van der Waals surface area contributed by atoms with Crippen molar-refractivity contribution in [2.75, 3.05) is 19.3 Å². The molecule has 28 heavy (non-hydrogen) atoms. The molecule has 2 unspecified atom stereocenters. The Balaban J connectivity index is 1.48. The second-order valence-corrected chi connectivity index (χ2v) is 10.0. The highest BCUT2D eigenvalue weighted by molar-refractivity contribution is 7.92. The first-order valence-electron chi connectivity index (χ1n) is 8.94. The Morgan fingerprint density at radius 3 is 2.93 bits per heavy atom. The summed E-state index contributed by atoms with van der Waals surface area (Å²) in [5, 5.41) is 4.03. The van der Waals surface area contributed by atoms with E-state index in [9.17, 15) is 18.0 Å². The maximum absolute atomic E-state index is 12.9. The number of benzene rings is 1. The van der Waals surface area contributed by atoms with Crippen LogP contribution in [-0.4, -0.2) is 54.1 Å². The van der Waals surface area contributed by atoms with Crippen molar-refractivity contribution in [2.24, 2.45) is 0 Å². The van der Waals surface area contributed by atoms with Crippen LogP contribution in [0, 0.1) is 0 Å². The van der Waals surface area contributed by atoms with Crippen LogP contribution in [0.4, 0.5) is 0 Å². The van der Waals surface area contributed by atoms with Gasteiger partial charge in [-0.1, -0.05) is 22.7 Å². The number of hydrogen-bond acceptors (Lipinski definition) is 8. The highest BCUT2D eigenvalue weighted by Gasteiger charge is 2.35. The van der Waals surface area contributed by atoms with Crippen molar-refractivity contribution in [3.05, 3.63) is 41.1 Å². The van der Waals surface area contributed by atoms with Crippen LogP contribution in [0.25, 0.3) is 0 Å². The number of ether oxygens (including phenoxy) is 1. The number of amides is 1. The van der Waals surface area contributed by atoms with Gasteiger partial charge in [0.1, 0.15) is 6.10 Å². The van der Waals surface area contributed by atoms with Crippen molar-refractivity contribution < 1.29 is 22.7 Å². The molecule has 0 saturated carbocycles. The third-order valence-electron chi connectivity index (χ3n) is 5.12. The number of aromatic nitrogens is 2. The third kappa shape index (κ3) is 3.53. The molecule has 0 bridgehead atoms. The molecular formula is C18H19N3O5S2. The van der Waals surface area contributed by atoms with E-state index in [1.54, 1.807) is 23.1 Å². The lowest BCUT2D eigenvalue weighted by molar-refractivity contribution is -0.134. The smallest absolute Gasteiger partial charge is 0.339 e. The minimum absolute atomic E-state index is 0.0731. The van der Waals surface area contributed by atoms with E-state index in [-0.39, 0.29) is 22.5 Å². The number of hydrogen-bond donors (Lipinski definition) is 0. The number of nitrogens with zero attached hydrogens (tertiary/aromatic N) is 3. The number of sulfone groups is 1. The molecule has 2 aliphatic rings. The first kappa shape index (κ1) is 19.0. The van der Waals surface area contributed by atoms with Gasteiger partial charge in [-0.3, -0.25) is 4.79 Å². The highest BCUT2D eigenvalue weighted by Crippen LogP contribution is 2.35. The molecule has 0 aliphatic carbocycles. The molecule has 1 aromatic heterocycles. The molecule has 148 valence electrons. The summed E-state index contributed by atoms with van der Waals surface area (Å²) in [5.74, 6) is -0.695. The van der Waals surface area contributed by atoms with Crippen LogP contribution in [-0.2, 0) is 19.4 Å². The van der Waals surface area contributed by atoms with Crippen LogP contribution in [0.1, 0.15) is 52.9 Å². The Morgan fingerprint density at radius 1 is 1.36 bits per heavy atom. The van der Waals surface area contributed by atoms with Crippen LogP contribution in [0.2, 0.25) is 0 Å². The third-order valence-corrected chi connectivity index (χ3v) is 7.67. The van der Waals surface area contributed by atoms with Crippen molar-refractivity contribution in [1.82, 2.24) is 14.5 Å². The summed E-state index contributed by atoms with van der Waals surface area (Å²) < 4.78 is 33.2. The molecule has 1 amide bonds. The summed E-state index contributed by atoms with van der Waals surface area (Å²) >= 11 is 0.868. The maximum atomic E-state index is 12.9. The van der Waals surface area contributed by atoms with Crippen molar-refractivity contribution >= 4 is 33.2 Å². The largest absolute Gasteiger partial charge is 0.453 e. The highest BCUT2D eigenvalue weighted by atomic mass is 32.2. The van der Waals surface area contributed by atoms with Gasteiger partial charge in [-0.15, -0.1) is 5.10 Å². The molecule has 1 aromatic carbocycles. The standard InChI is InChI=1S/C18H19N3O5S2/c1-28(24,25)18-16(19-20-27-18)11-5-4-8-21(10-11)15(22)9-14-12-6-2-3-7-13(12)17(23)26-14/h2-3,6-7,11,14H,4-5,8-10H2,1H3. The molecule has 2 atom stereocenters. The molecule has 10 heteroatoms. The summed E-state index contributed by atoms with van der Waals surface area (Å²) in [6.07, 6.45) is 2.13. The van der Waals surface area contributed by atoms with Gasteiger partial charge in [0.2, 0.25) is 5.91 Å². The first-order valence-corrected chi connectivity index (χ1v) is 11.6. The zero-order valence-corrected chi connectivity index (χ0v) is 16.8. The van der Waals surface area contributed by atoms with Crippen molar-refractivity contribution in [2.45, 2.75) is 35.5 Å². The van der Waals surface area contributed by atoms with Crippen LogP contribution < -0.4 is 0 Å². The average molecular weight is 422 g/mol. The minimum atomic E-state index is -3.40. The fourth-order valence-corrected chi connectivity index (χ4v) is 5.51. The van der Waals surface area contributed by atoms with Crippen molar-refractivity contribution in [1.29, 1.82) is 0 Å². The Labute approximate surface area is 166 Å². The maximum Gasteiger partial charge on any atom is 0.339 e.